The van der Waals surface area contributed by atoms with Gasteiger partial charge in [0.2, 0.25) is 0 Å². The van der Waals surface area contributed by atoms with Gasteiger partial charge in [0, 0.05) is 0 Å². The van der Waals surface area contributed by atoms with Gasteiger partial charge >= 0.3 is 65.6 Å². The van der Waals surface area contributed by atoms with E-state index in [0.29, 0.717) is 0 Å². The summed E-state index contributed by atoms with van der Waals surface area (Å²) in [6.07, 6.45) is 0. The van der Waals surface area contributed by atoms with Gasteiger partial charge in [-0.15, -0.1) is 12.4 Å². The van der Waals surface area contributed by atoms with Crippen molar-refractivity contribution in [2.75, 3.05) is 0 Å². The Balaban J connectivity index is 0.000000810. The molecule has 51 valence electrons. The van der Waals surface area contributed by atoms with Crippen molar-refractivity contribution in [1.82, 2.24) is 0 Å². The number of hydrogen-bond donors (Lipinski definition) is 0. The minimum atomic E-state index is 0. The zero-order valence-electron chi connectivity index (χ0n) is 6.35. The molecule has 0 unspecified atom stereocenters. The van der Waals surface area contributed by atoms with Crippen LogP contribution >= 0.6 is 12.4 Å². The molecule has 0 aliphatic heterocycles. The predicted molar refractivity (Wildman–Crippen MR) is 42.8 cm³/mol. The van der Waals surface area contributed by atoms with Crippen LogP contribution in [0.4, 0.5) is 0 Å². The molecular weight excluding hydrogens is 197 g/mol. The number of halogens is 1. The third-order valence-electron chi connectivity index (χ3n) is 1.64. The van der Waals surface area contributed by atoms with Crippen molar-refractivity contribution in [3.05, 3.63) is 29.3 Å². The molecule has 0 saturated heterocycles. The number of aryl methyl sites for hydroxylation is 2. The first kappa shape index (κ1) is 10.1. The molecule has 0 saturated carbocycles. The van der Waals surface area contributed by atoms with E-state index in [-0.39, 0.29) is 12.4 Å². The minimum Gasteiger partial charge on any atom is -0.147 e. The van der Waals surface area contributed by atoms with Gasteiger partial charge in [0.05, 0.1) is 0 Å². The summed E-state index contributed by atoms with van der Waals surface area (Å²) in [7, 11) is 0. The van der Waals surface area contributed by atoms with E-state index in [1.165, 1.54) is 33.6 Å². The normalized spacial score (nSPS) is 8.80. The van der Waals surface area contributed by atoms with E-state index in [1.54, 1.807) is 0 Å². The summed E-state index contributed by atoms with van der Waals surface area (Å²) in [4.78, 5) is 0. The number of hydrogen-bond acceptors (Lipinski definition) is 0. The Hall–Kier alpha value is 0.133. The molecule has 10 heavy (non-hydrogen) atoms. The molecule has 0 aliphatic rings. The van der Waals surface area contributed by atoms with E-state index in [9.17, 15) is 0 Å². The fourth-order valence-corrected chi connectivity index (χ4v) is 1.34. The fourth-order valence-electron chi connectivity index (χ4n) is 0.849. The standard InChI is InChI=1S/C8H9.ClH.Zn/c1-7-4-3-5-8(2)6-7;;/h3-5H,1-2H3;1H;. The number of benzene rings is 1. The van der Waals surface area contributed by atoms with Gasteiger partial charge in [-0.05, 0) is 0 Å². The van der Waals surface area contributed by atoms with Gasteiger partial charge in [-0.25, -0.2) is 0 Å². The summed E-state index contributed by atoms with van der Waals surface area (Å²) in [6.45, 7) is 4.34. The molecule has 0 heterocycles. The predicted octanol–water partition coefficient (Wildman–Crippen LogP) is 1.90. The largest absolute Gasteiger partial charge is 0.147 e. The molecule has 0 fully saturated rings. The van der Waals surface area contributed by atoms with Gasteiger partial charge in [-0.2, -0.15) is 0 Å². The third-order valence-corrected chi connectivity index (χ3v) is 3.98. The van der Waals surface area contributed by atoms with Crippen LogP contribution in [0.5, 0.6) is 0 Å². The molecule has 0 aliphatic carbocycles. The first-order valence-corrected chi connectivity index (χ1v) is 4.58. The van der Waals surface area contributed by atoms with Gasteiger partial charge in [0.15, 0.2) is 0 Å². The topological polar surface area (TPSA) is 0 Å². The second-order valence-electron chi connectivity index (χ2n) is 2.37. The van der Waals surface area contributed by atoms with Crippen LogP contribution in [0.15, 0.2) is 18.2 Å². The molecule has 0 atom stereocenters. The van der Waals surface area contributed by atoms with Crippen molar-refractivity contribution >= 4 is 16.6 Å². The molecule has 1 aromatic rings. The Labute approximate surface area is 78.1 Å². The van der Waals surface area contributed by atoms with E-state index in [1.807, 2.05) is 0 Å². The Morgan fingerprint density at radius 3 is 1.80 bits per heavy atom. The average molecular weight is 207 g/mol. The SMILES string of the molecule is Cc1cccc(C)[c]1[Zn].Cl. The van der Waals surface area contributed by atoms with Crippen molar-refractivity contribution in [2.24, 2.45) is 0 Å². The first-order valence-electron chi connectivity index (χ1n) is 3.10. The second-order valence-corrected chi connectivity index (χ2v) is 3.85. The van der Waals surface area contributed by atoms with E-state index in [2.05, 4.69) is 32.0 Å². The minimum absolute atomic E-state index is 0. The molecule has 1 rings (SSSR count). The molecule has 0 amide bonds. The van der Waals surface area contributed by atoms with Crippen LogP contribution in [0.25, 0.3) is 0 Å². The van der Waals surface area contributed by atoms with Gasteiger partial charge in [0.1, 0.15) is 0 Å². The average Bonchev–Trinajstić information content (AvgIpc) is 1.83. The Morgan fingerprint density at radius 1 is 1.10 bits per heavy atom. The second kappa shape index (κ2) is 4.10. The molecule has 0 bridgehead atoms. The quantitative estimate of drug-likeness (QED) is 0.570. The van der Waals surface area contributed by atoms with Gasteiger partial charge in [0.25, 0.3) is 0 Å². The van der Waals surface area contributed by atoms with Crippen LogP contribution < -0.4 is 4.16 Å². The van der Waals surface area contributed by atoms with E-state index >= 15 is 0 Å². The van der Waals surface area contributed by atoms with Crippen molar-refractivity contribution < 1.29 is 18.3 Å². The number of rotatable bonds is 0. The van der Waals surface area contributed by atoms with E-state index < -0.39 is 0 Å². The van der Waals surface area contributed by atoms with Crippen molar-refractivity contribution in [1.29, 1.82) is 0 Å². The van der Waals surface area contributed by atoms with Crippen LogP contribution in [-0.2, 0) is 18.3 Å². The Morgan fingerprint density at radius 2 is 1.50 bits per heavy atom. The van der Waals surface area contributed by atoms with Crippen LogP contribution in [0.1, 0.15) is 11.1 Å². The van der Waals surface area contributed by atoms with Gasteiger partial charge in [-0.3, -0.25) is 0 Å². The summed E-state index contributed by atoms with van der Waals surface area (Å²) in [5.74, 6) is 0. The molecule has 0 radical (unpaired) electrons. The molecule has 0 nitrogen and oxygen atoms in total. The summed E-state index contributed by atoms with van der Waals surface area (Å²) < 4.78 is 1.54. The maximum absolute atomic E-state index is 2.17. The molecule has 0 aromatic heterocycles. The summed E-state index contributed by atoms with van der Waals surface area (Å²) >= 11 is 1.28. The van der Waals surface area contributed by atoms with Crippen LogP contribution in [-0.4, -0.2) is 0 Å². The maximum Gasteiger partial charge on any atom is -0.147 e. The van der Waals surface area contributed by atoms with Crippen LogP contribution in [0, 0.1) is 13.8 Å². The molecular formula is C8H10ClZn. The fraction of sp³-hybridized carbons (Fsp3) is 0.250. The van der Waals surface area contributed by atoms with E-state index in [0.717, 1.165) is 0 Å². The summed E-state index contributed by atoms with van der Waals surface area (Å²) in [5, 5.41) is 0. The monoisotopic (exact) mass is 205 g/mol. The van der Waals surface area contributed by atoms with E-state index in [4.69, 9.17) is 0 Å². The zero-order chi connectivity index (χ0) is 6.85. The van der Waals surface area contributed by atoms with Crippen LogP contribution in [0.2, 0.25) is 0 Å². The molecule has 2 heteroatoms. The van der Waals surface area contributed by atoms with Gasteiger partial charge in [-0.1, -0.05) is 0 Å². The summed E-state index contributed by atoms with van der Waals surface area (Å²) in [6, 6.07) is 6.46. The molecule has 0 spiro atoms. The smallest absolute Gasteiger partial charge is 0.147 e. The third kappa shape index (κ3) is 2.07. The Kier molecular flexibility index (Phi) is 4.16. The van der Waals surface area contributed by atoms with Crippen molar-refractivity contribution in [3.8, 4) is 0 Å². The Bertz CT molecular complexity index is 200. The van der Waals surface area contributed by atoms with Crippen molar-refractivity contribution in [2.45, 2.75) is 13.8 Å². The molecule has 1 aromatic carbocycles. The zero-order valence-corrected chi connectivity index (χ0v) is 10.1. The van der Waals surface area contributed by atoms with Gasteiger partial charge < -0.3 is 0 Å². The first-order chi connectivity index (χ1) is 4.22. The summed E-state index contributed by atoms with van der Waals surface area (Å²) in [5.41, 5.74) is 2.88. The molecule has 0 N–H and O–H groups in total. The van der Waals surface area contributed by atoms with Crippen molar-refractivity contribution in [3.63, 3.8) is 0 Å². The maximum atomic E-state index is 2.17. The van der Waals surface area contributed by atoms with Crippen LogP contribution in [0.3, 0.4) is 0 Å².